The van der Waals surface area contributed by atoms with E-state index in [1.54, 1.807) is 22.8 Å². The van der Waals surface area contributed by atoms with Crippen molar-refractivity contribution in [1.82, 2.24) is 25.0 Å². The fraction of sp³-hybridized carbons (Fsp3) is 0.333. The molecule has 0 amide bonds. The molecule has 0 aromatic carbocycles. The lowest BCUT2D eigenvalue weighted by atomic mass is 10.3. The van der Waals surface area contributed by atoms with Crippen LogP contribution in [0.5, 0.6) is 0 Å². The van der Waals surface area contributed by atoms with Gasteiger partial charge in [-0.05, 0) is 12.1 Å². The Morgan fingerprint density at radius 3 is 2.67 bits per heavy atom. The van der Waals surface area contributed by atoms with Gasteiger partial charge in [-0.25, -0.2) is 4.98 Å². The molecule has 0 saturated heterocycles. The third kappa shape index (κ3) is 2.37. The number of rotatable bonds is 0. The van der Waals surface area contributed by atoms with E-state index in [1.165, 1.54) is 6.07 Å². The lowest BCUT2D eigenvalue weighted by Crippen LogP contribution is -2.05. The zero-order valence-electron chi connectivity index (χ0n) is 11.0. The minimum Gasteiger partial charge on any atom is -0.289 e. The van der Waals surface area contributed by atoms with Gasteiger partial charge in [0.25, 0.3) is 0 Å². The Bertz CT molecular complexity index is 671. The van der Waals surface area contributed by atoms with E-state index in [2.05, 4.69) is 20.5 Å². The number of hydrogen-bond acceptors (Lipinski definition) is 4. The van der Waals surface area contributed by atoms with Crippen LogP contribution in [0.25, 0.3) is 16.7 Å². The van der Waals surface area contributed by atoms with Crippen LogP contribution in [-0.4, -0.2) is 25.0 Å². The van der Waals surface area contributed by atoms with Crippen LogP contribution in [-0.2, 0) is 0 Å². The molecule has 0 aliphatic carbocycles. The van der Waals surface area contributed by atoms with Crippen molar-refractivity contribution in [2.24, 2.45) is 0 Å². The highest BCUT2D eigenvalue weighted by atomic mass is 16.1. The van der Waals surface area contributed by atoms with E-state index in [1.807, 2.05) is 27.7 Å². The Morgan fingerprint density at radius 2 is 1.94 bits per heavy atom. The summed E-state index contributed by atoms with van der Waals surface area (Å²) >= 11 is 0. The molecule has 3 aromatic heterocycles. The second-order valence-corrected chi connectivity index (χ2v) is 2.88. The quantitative estimate of drug-likeness (QED) is 0.659. The maximum atomic E-state index is 11.6. The van der Waals surface area contributed by atoms with Crippen molar-refractivity contribution in [3.63, 3.8) is 0 Å². The van der Waals surface area contributed by atoms with Crippen molar-refractivity contribution in [3.05, 3.63) is 34.6 Å². The van der Waals surface area contributed by atoms with E-state index in [4.69, 9.17) is 0 Å². The van der Waals surface area contributed by atoms with Crippen LogP contribution in [0.4, 0.5) is 0 Å². The SMILES string of the molecule is CC.CC.O=c1cc2nn[nH]n2c2ncccc12. The van der Waals surface area contributed by atoms with Crippen LogP contribution in [0, 0.1) is 0 Å². The normalized spacial score (nSPS) is 9.33. The van der Waals surface area contributed by atoms with Gasteiger partial charge < -0.3 is 0 Å². The first-order valence-corrected chi connectivity index (χ1v) is 6.04. The third-order valence-electron chi connectivity index (χ3n) is 2.05. The topological polar surface area (TPSA) is 75.9 Å². The zero-order valence-corrected chi connectivity index (χ0v) is 11.0. The van der Waals surface area contributed by atoms with E-state index < -0.39 is 0 Å². The highest BCUT2D eigenvalue weighted by molar-refractivity contribution is 5.77. The number of hydrogen-bond donors (Lipinski definition) is 1. The zero-order chi connectivity index (χ0) is 13.5. The molecule has 6 nitrogen and oxygen atoms in total. The number of H-pyrrole nitrogens is 1. The van der Waals surface area contributed by atoms with E-state index in [0.717, 1.165) is 0 Å². The van der Waals surface area contributed by atoms with Gasteiger partial charge in [-0.15, -0.1) is 5.10 Å². The van der Waals surface area contributed by atoms with Crippen molar-refractivity contribution < 1.29 is 0 Å². The summed E-state index contributed by atoms with van der Waals surface area (Å²) in [6, 6.07) is 4.87. The van der Waals surface area contributed by atoms with Crippen molar-refractivity contribution in [2.75, 3.05) is 0 Å². The summed E-state index contributed by atoms with van der Waals surface area (Å²) in [5.41, 5.74) is 0.920. The van der Waals surface area contributed by atoms with Gasteiger partial charge >= 0.3 is 0 Å². The second kappa shape index (κ2) is 6.48. The van der Waals surface area contributed by atoms with Crippen LogP contribution >= 0.6 is 0 Å². The molecule has 0 aliphatic heterocycles. The van der Waals surface area contributed by atoms with E-state index >= 15 is 0 Å². The van der Waals surface area contributed by atoms with Gasteiger partial charge in [0.15, 0.2) is 16.7 Å². The summed E-state index contributed by atoms with van der Waals surface area (Å²) in [6.45, 7) is 8.00. The summed E-state index contributed by atoms with van der Waals surface area (Å²) in [4.78, 5) is 15.6. The largest absolute Gasteiger partial charge is 0.289 e. The van der Waals surface area contributed by atoms with E-state index in [0.29, 0.717) is 16.7 Å². The highest BCUT2D eigenvalue weighted by Gasteiger charge is 2.05. The number of tetrazole rings is 1. The Balaban J connectivity index is 0.000000371. The van der Waals surface area contributed by atoms with E-state index in [9.17, 15) is 4.79 Å². The average molecular weight is 247 g/mol. The predicted octanol–water partition coefficient (Wildman–Crippen LogP) is 2.02. The number of nitrogens with zero attached hydrogens (tertiary/aromatic N) is 4. The number of nitrogens with one attached hydrogen (secondary N) is 1. The Morgan fingerprint density at radius 1 is 1.22 bits per heavy atom. The van der Waals surface area contributed by atoms with Crippen molar-refractivity contribution in [3.8, 4) is 0 Å². The molecule has 3 rings (SSSR count). The molecule has 18 heavy (non-hydrogen) atoms. The average Bonchev–Trinajstić information content (AvgIpc) is 2.92. The Labute approximate surface area is 105 Å². The fourth-order valence-corrected chi connectivity index (χ4v) is 1.43. The van der Waals surface area contributed by atoms with Gasteiger partial charge in [0.2, 0.25) is 0 Å². The van der Waals surface area contributed by atoms with Crippen LogP contribution < -0.4 is 5.43 Å². The van der Waals surface area contributed by atoms with Gasteiger partial charge in [-0.3, -0.25) is 4.79 Å². The summed E-state index contributed by atoms with van der Waals surface area (Å²) in [6.07, 6.45) is 1.62. The molecule has 0 unspecified atom stereocenters. The lowest BCUT2D eigenvalue weighted by molar-refractivity contribution is 0.835. The number of aromatic amines is 1. The van der Waals surface area contributed by atoms with Crippen molar-refractivity contribution in [2.45, 2.75) is 27.7 Å². The number of fused-ring (bicyclic) bond motifs is 3. The monoisotopic (exact) mass is 247 g/mol. The molecule has 0 aliphatic rings. The number of pyridine rings is 2. The van der Waals surface area contributed by atoms with Crippen LogP contribution in [0.15, 0.2) is 29.2 Å². The molecule has 0 fully saturated rings. The molecule has 1 N–H and O–H groups in total. The predicted molar refractivity (Wildman–Crippen MR) is 71.6 cm³/mol. The van der Waals surface area contributed by atoms with Crippen LogP contribution in [0.2, 0.25) is 0 Å². The van der Waals surface area contributed by atoms with Gasteiger partial charge in [-0.1, -0.05) is 32.9 Å². The minimum atomic E-state index is -0.0954. The number of aromatic nitrogens is 5. The van der Waals surface area contributed by atoms with Gasteiger partial charge in [-0.2, -0.15) is 9.73 Å². The smallest absolute Gasteiger partial charge is 0.193 e. The lowest BCUT2D eigenvalue weighted by Gasteiger charge is -1.96. The standard InChI is InChI=1S/C8H5N5O.2C2H6/c14-6-4-7-10-11-12-13(7)8-5(6)2-1-3-9-8;2*1-2/h1-4H,(H,10,12);2*1-2H3. The molecule has 3 heterocycles. The first-order chi connectivity index (χ1) is 8.86. The molecule has 96 valence electrons. The minimum absolute atomic E-state index is 0.0954. The molecule has 0 atom stereocenters. The second-order valence-electron chi connectivity index (χ2n) is 2.88. The summed E-state index contributed by atoms with van der Waals surface area (Å²) in [7, 11) is 0. The first kappa shape index (κ1) is 13.8. The maximum absolute atomic E-state index is 11.6. The van der Waals surface area contributed by atoms with Crippen LogP contribution in [0.3, 0.4) is 0 Å². The highest BCUT2D eigenvalue weighted by Crippen LogP contribution is 2.05. The molecular weight excluding hydrogens is 230 g/mol. The molecule has 0 bridgehead atoms. The molecular formula is C12H17N5O. The fourth-order valence-electron chi connectivity index (χ4n) is 1.43. The summed E-state index contributed by atoms with van der Waals surface area (Å²) in [5.74, 6) is 0. The Kier molecular flexibility index (Phi) is 4.98. The molecule has 0 radical (unpaired) electrons. The van der Waals surface area contributed by atoms with Crippen LogP contribution in [0.1, 0.15) is 27.7 Å². The van der Waals surface area contributed by atoms with Gasteiger partial charge in [0.1, 0.15) is 0 Å². The first-order valence-electron chi connectivity index (χ1n) is 6.04. The maximum Gasteiger partial charge on any atom is 0.193 e. The molecule has 6 heteroatoms. The van der Waals surface area contributed by atoms with Crippen molar-refractivity contribution >= 4 is 16.7 Å². The molecule has 0 spiro atoms. The Hall–Kier alpha value is -2.24. The molecule has 3 aromatic rings. The van der Waals surface area contributed by atoms with Gasteiger partial charge in [0, 0.05) is 12.3 Å². The summed E-state index contributed by atoms with van der Waals surface area (Å²) < 4.78 is 1.57. The molecule has 0 saturated carbocycles. The van der Waals surface area contributed by atoms with Crippen molar-refractivity contribution in [1.29, 1.82) is 0 Å². The van der Waals surface area contributed by atoms with Gasteiger partial charge in [0.05, 0.1) is 5.39 Å². The van der Waals surface area contributed by atoms with E-state index in [-0.39, 0.29) is 5.43 Å². The summed E-state index contributed by atoms with van der Waals surface area (Å²) in [5, 5.41) is 10.5. The third-order valence-corrected chi connectivity index (χ3v) is 2.05.